The fraction of sp³-hybridized carbons (Fsp3) is 0.513. The first-order valence-corrected chi connectivity index (χ1v) is 19.9. The van der Waals surface area contributed by atoms with E-state index in [-0.39, 0.29) is 34.4 Å². The number of fused-ring (bicyclic) bond motifs is 4. The number of nitrogens with zero attached hydrogens (tertiary/aromatic N) is 4. The average molecular weight is 766 g/mol. The summed E-state index contributed by atoms with van der Waals surface area (Å²) in [6.07, 6.45) is 9.65. The molecular formula is C39H48ClN5O7S. The molecule has 14 heteroatoms. The number of benzene rings is 2. The number of aryl methyl sites for hydroxylation is 2. The number of anilines is 1. The second-order valence-electron chi connectivity index (χ2n) is 14.8. The van der Waals surface area contributed by atoms with Crippen LogP contribution >= 0.6 is 11.6 Å². The smallest absolute Gasteiger partial charge is 0.285 e. The Morgan fingerprint density at radius 1 is 1.09 bits per heavy atom. The molecule has 2 aromatic carbocycles. The monoisotopic (exact) mass is 765 g/mol. The van der Waals surface area contributed by atoms with Crippen LogP contribution in [0.4, 0.5) is 5.69 Å². The molecule has 1 saturated carbocycles. The largest absolute Gasteiger partial charge is 0.490 e. The number of rotatable bonds is 5. The van der Waals surface area contributed by atoms with Gasteiger partial charge in [0.1, 0.15) is 16.7 Å². The lowest BCUT2D eigenvalue weighted by Gasteiger charge is -2.46. The second-order valence-corrected chi connectivity index (χ2v) is 16.6. The molecule has 1 fully saturated rings. The maximum Gasteiger partial charge on any atom is 0.285 e. The quantitative estimate of drug-likeness (QED) is 0.260. The van der Waals surface area contributed by atoms with Crippen LogP contribution in [-0.2, 0) is 39.0 Å². The van der Waals surface area contributed by atoms with Crippen molar-refractivity contribution in [3.8, 4) is 11.6 Å². The number of carbonyl (C=O) groups excluding carboxylic acids is 2. The van der Waals surface area contributed by atoms with E-state index < -0.39 is 39.8 Å². The highest BCUT2D eigenvalue weighted by molar-refractivity contribution is 7.76. The number of aromatic nitrogens is 2. The van der Waals surface area contributed by atoms with Gasteiger partial charge in [0.2, 0.25) is 5.88 Å². The highest BCUT2D eigenvalue weighted by Gasteiger charge is 2.44. The van der Waals surface area contributed by atoms with Crippen molar-refractivity contribution >= 4 is 39.7 Å². The van der Waals surface area contributed by atoms with Gasteiger partial charge >= 0.3 is 0 Å². The third-order valence-electron chi connectivity index (χ3n) is 11.6. The fourth-order valence-electron chi connectivity index (χ4n) is 8.63. The van der Waals surface area contributed by atoms with Crippen LogP contribution in [-0.4, -0.2) is 84.4 Å². The number of nitrogens with one attached hydrogen (secondary N) is 1. The summed E-state index contributed by atoms with van der Waals surface area (Å²) in [7, 11) is 3.69. The van der Waals surface area contributed by atoms with E-state index in [0.29, 0.717) is 24.8 Å². The highest BCUT2D eigenvalue weighted by atomic mass is 35.5. The van der Waals surface area contributed by atoms with E-state index in [4.69, 9.17) is 30.5 Å². The zero-order valence-electron chi connectivity index (χ0n) is 30.8. The van der Waals surface area contributed by atoms with Gasteiger partial charge in [-0.15, -0.1) is 5.10 Å². The minimum atomic E-state index is -2.69. The van der Waals surface area contributed by atoms with Crippen molar-refractivity contribution in [1.82, 2.24) is 15.1 Å². The van der Waals surface area contributed by atoms with E-state index in [2.05, 4.69) is 31.8 Å². The van der Waals surface area contributed by atoms with Gasteiger partial charge in [-0.2, -0.15) is 4.36 Å². The average Bonchev–Trinajstić information content (AvgIpc) is 3.46. The van der Waals surface area contributed by atoms with Crippen molar-refractivity contribution in [3.63, 3.8) is 0 Å². The number of methoxy groups -OCH3 is 3. The number of thiol groups is 1. The van der Waals surface area contributed by atoms with E-state index in [1.807, 2.05) is 37.3 Å². The summed E-state index contributed by atoms with van der Waals surface area (Å²) in [6.45, 7) is 3.76. The number of halogens is 1. The predicted molar refractivity (Wildman–Crippen MR) is 204 cm³/mol. The van der Waals surface area contributed by atoms with Crippen LogP contribution in [0.15, 0.2) is 59.1 Å². The van der Waals surface area contributed by atoms with Crippen molar-refractivity contribution in [3.05, 3.63) is 82.0 Å². The zero-order chi connectivity index (χ0) is 37.4. The molecule has 2 unspecified atom stereocenters. The first-order valence-electron chi connectivity index (χ1n) is 18.2. The maximum atomic E-state index is 14.2. The van der Waals surface area contributed by atoms with E-state index in [1.165, 1.54) is 29.1 Å². The van der Waals surface area contributed by atoms with Gasteiger partial charge in [-0.3, -0.25) is 18.5 Å². The Bertz CT molecular complexity index is 2000. The number of ether oxygens (including phenoxy) is 4. The van der Waals surface area contributed by atoms with Crippen molar-refractivity contribution in [1.29, 1.82) is 0 Å². The number of carbonyl (C=O) groups is 2. The molecule has 7 rings (SSSR count). The highest BCUT2D eigenvalue weighted by Crippen LogP contribution is 2.47. The molecule has 2 aliphatic carbocycles. The van der Waals surface area contributed by atoms with Crippen LogP contribution in [0.25, 0.3) is 0 Å². The fourth-order valence-corrected chi connectivity index (χ4v) is 10.0. The second kappa shape index (κ2) is 15.4. The SMILES string of the molecule is COc1nn(C)cc1C(=O)NC1[C@@H](C)[C@H](OC)/C=C/[C@H](OC)[C@@H]2CC[C@H]2CN2C[C@@]3(CCCc4cc(Cl)ccc43)COc3ccc(cc32)C(=O)/N=[SH]\1=O. The minimum absolute atomic E-state index is 0.120. The van der Waals surface area contributed by atoms with Crippen LogP contribution in [0.2, 0.25) is 5.02 Å². The first kappa shape index (κ1) is 37.4. The van der Waals surface area contributed by atoms with Gasteiger partial charge in [-0.05, 0) is 85.4 Å². The summed E-state index contributed by atoms with van der Waals surface area (Å²) >= 11 is 6.46. The Labute approximate surface area is 317 Å². The van der Waals surface area contributed by atoms with Gasteiger partial charge in [-0.25, -0.2) is 0 Å². The lowest BCUT2D eigenvalue weighted by molar-refractivity contribution is 0.0118. The van der Waals surface area contributed by atoms with Gasteiger partial charge in [0.15, 0.2) is 0 Å². The summed E-state index contributed by atoms with van der Waals surface area (Å²) in [6, 6.07) is 11.5. The van der Waals surface area contributed by atoms with E-state index in [9.17, 15) is 13.8 Å². The number of hydrogen-bond acceptors (Lipinski definition) is 9. The molecule has 1 spiro atoms. The standard InChI is InChI=1S/C39H48ClN5O7S/c1-23-32(49-3)14-15-33(50-4)28-11-8-26(28)19-45-21-39(16-6-7-24-17-27(40)10-12-30(24)39)22-52-34-13-9-25(18-31(34)45)35(46)43-53(48)38(23)41-36(47)29-20-44(2)42-37(29)51-5/h9-10,12-15,17-18,20,23,26,28,32-33,38,53H,6-8,11,16,19,21-22H2,1-5H3,(H,41,47)/b15-14+/t23-,26-,28+,32+,33-,38?,39-/m0/s1. The van der Waals surface area contributed by atoms with Gasteiger partial charge in [0.25, 0.3) is 11.8 Å². The van der Waals surface area contributed by atoms with Crippen molar-refractivity contribution in [2.45, 2.75) is 62.0 Å². The lowest BCUT2D eigenvalue weighted by atomic mass is 9.68. The lowest BCUT2D eigenvalue weighted by Crippen LogP contribution is -2.49. The Balaban J connectivity index is 1.30. The van der Waals surface area contributed by atoms with Crippen LogP contribution < -0.4 is 19.7 Å². The van der Waals surface area contributed by atoms with Crippen LogP contribution in [0.1, 0.15) is 64.4 Å². The molecule has 53 heavy (non-hydrogen) atoms. The molecular weight excluding hydrogens is 718 g/mol. The molecule has 1 aromatic heterocycles. The number of amides is 2. The molecule has 284 valence electrons. The van der Waals surface area contributed by atoms with E-state index in [0.717, 1.165) is 49.4 Å². The van der Waals surface area contributed by atoms with Crippen LogP contribution in [0.3, 0.4) is 0 Å². The molecule has 2 bridgehead atoms. The summed E-state index contributed by atoms with van der Waals surface area (Å²) in [5, 5.41) is 6.71. The molecule has 0 radical (unpaired) electrons. The Hall–Kier alpha value is -3.91. The van der Waals surface area contributed by atoms with Crippen molar-refractivity contribution in [2.24, 2.45) is 29.2 Å². The normalized spacial score (nSPS) is 30.8. The first-order chi connectivity index (χ1) is 25.5. The predicted octanol–water partition coefficient (Wildman–Crippen LogP) is 5.38. The summed E-state index contributed by atoms with van der Waals surface area (Å²) < 4.78 is 43.8. The molecule has 3 heterocycles. The van der Waals surface area contributed by atoms with E-state index in [1.54, 1.807) is 27.3 Å². The third kappa shape index (κ3) is 7.33. The topological polar surface area (TPSA) is 134 Å². The Morgan fingerprint density at radius 2 is 1.89 bits per heavy atom. The maximum absolute atomic E-state index is 14.2. The van der Waals surface area contributed by atoms with Crippen LogP contribution in [0.5, 0.6) is 11.6 Å². The third-order valence-corrected chi connectivity index (χ3v) is 13.3. The van der Waals surface area contributed by atoms with Crippen LogP contribution in [0, 0.1) is 17.8 Å². The van der Waals surface area contributed by atoms with Gasteiger partial charge < -0.3 is 29.2 Å². The summed E-state index contributed by atoms with van der Waals surface area (Å²) in [4.78, 5) is 29.9. The number of hydrogen-bond donors (Lipinski definition) is 2. The summed E-state index contributed by atoms with van der Waals surface area (Å²) in [5.41, 5.74) is 3.49. The Morgan fingerprint density at radius 3 is 2.62 bits per heavy atom. The molecule has 2 amide bonds. The summed E-state index contributed by atoms with van der Waals surface area (Å²) in [5.74, 6) is -0.406. The van der Waals surface area contributed by atoms with E-state index >= 15 is 0 Å². The van der Waals surface area contributed by atoms with Crippen molar-refractivity contribution < 1.29 is 32.7 Å². The van der Waals surface area contributed by atoms with Crippen molar-refractivity contribution in [2.75, 3.05) is 45.9 Å². The molecule has 0 saturated heterocycles. The molecule has 12 nitrogen and oxygen atoms in total. The van der Waals surface area contributed by atoms with Gasteiger partial charge in [0.05, 0.1) is 42.2 Å². The molecule has 1 N–H and O–H groups in total. The zero-order valence-corrected chi connectivity index (χ0v) is 32.4. The molecule has 8 atom stereocenters. The molecule has 3 aromatic rings. The Kier molecular flexibility index (Phi) is 10.9. The minimum Gasteiger partial charge on any atom is -0.490 e. The van der Waals surface area contributed by atoms with Gasteiger partial charge in [-0.1, -0.05) is 36.7 Å². The molecule has 2 aliphatic heterocycles. The molecule has 4 aliphatic rings. The van der Waals surface area contributed by atoms with Gasteiger partial charge in [0, 0.05) is 62.5 Å².